The largest absolute Gasteiger partial charge is 0.497 e. The minimum absolute atomic E-state index is 0.0870. The summed E-state index contributed by atoms with van der Waals surface area (Å²) >= 11 is 0. The van der Waals surface area contributed by atoms with Gasteiger partial charge in [-0.1, -0.05) is 60.7 Å². The number of alkyl carbamates (subject to hydrolysis) is 1. The van der Waals surface area contributed by atoms with Gasteiger partial charge >= 0.3 is 12.1 Å². The first-order valence-electron chi connectivity index (χ1n) is 10.4. The maximum atomic E-state index is 12.6. The van der Waals surface area contributed by atoms with Crippen LogP contribution in [0.15, 0.2) is 72.8 Å². The molecule has 1 atom stereocenters. The highest BCUT2D eigenvalue weighted by molar-refractivity contribution is 5.84. The van der Waals surface area contributed by atoms with Crippen LogP contribution in [0.1, 0.15) is 29.5 Å². The van der Waals surface area contributed by atoms with Gasteiger partial charge in [-0.25, -0.2) is 9.59 Å². The molecule has 0 spiro atoms. The van der Waals surface area contributed by atoms with E-state index < -0.39 is 17.6 Å². The fourth-order valence-corrected chi connectivity index (χ4v) is 4.22. The summed E-state index contributed by atoms with van der Waals surface area (Å²) < 4.78 is 10.7. The van der Waals surface area contributed by atoms with Crippen LogP contribution in [-0.4, -0.2) is 36.4 Å². The molecule has 1 amide bonds. The number of benzene rings is 3. The van der Waals surface area contributed by atoms with Gasteiger partial charge in [-0.3, -0.25) is 0 Å². The molecule has 3 aromatic rings. The number of fused-ring (bicyclic) bond motifs is 3. The van der Waals surface area contributed by atoms with Gasteiger partial charge in [0.25, 0.3) is 0 Å². The maximum Gasteiger partial charge on any atom is 0.408 e. The first kappa shape index (κ1) is 21.4. The van der Waals surface area contributed by atoms with Crippen molar-refractivity contribution in [2.24, 2.45) is 0 Å². The highest BCUT2D eigenvalue weighted by Gasteiger charge is 2.36. The Morgan fingerprint density at radius 2 is 1.59 bits per heavy atom. The lowest BCUT2D eigenvalue weighted by molar-refractivity contribution is -0.143. The molecule has 6 nitrogen and oxygen atoms in total. The maximum absolute atomic E-state index is 12.6. The summed E-state index contributed by atoms with van der Waals surface area (Å²) in [5.74, 6) is -0.618. The second kappa shape index (κ2) is 8.75. The lowest BCUT2D eigenvalue weighted by atomic mass is 9.93. The van der Waals surface area contributed by atoms with E-state index in [4.69, 9.17) is 9.47 Å². The summed E-state index contributed by atoms with van der Waals surface area (Å²) in [6.45, 7) is 1.59. The molecule has 0 heterocycles. The van der Waals surface area contributed by atoms with Crippen LogP contribution in [0.3, 0.4) is 0 Å². The number of hydrogen-bond donors (Lipinski definition) is 2. The number of carbonyl (C=O) groups excluding carboxylic acids is 1. The molecule has 6 heteroatoms. The smallest absolute Gasteiger partial charge is 0.408 e. The van der Waals surface area contributed by atoms with Crippen LogP contribution < -0.4 is 10.1 Å². The number of ether oxygens (including phenoxy) is 2. The summed E-state index contributed by atoms with van der Waals surface area (Å²) in [5.41, 5.74) is 3.65. The number of carbonyl (C=O) groups is 2. The van der Waals surface area contributed by atoms with Crippen LogP contribution in [0, 0.1) is 0 Å². The molecule has 0 saturated carbocycles. The number of rotatable bonds is 7. The van der Waals surface area contributed by atoms with Crippen LogP contribution in [0.25, 0.3) is 11.1 Å². The lowest BCUT2D eigenvalue weighted by Crippen LogP contribution is -2.54. The van der Waals surface area contributed by atoms with Crippen LogP contribution in [0.2, 0.25) is 0 Å². The second-order valence-electron chi connectivity index (χ2n) is 8.12. The Morgan fingerprint density at radius 3 is 2.19 bits per heavy atom. The van der Waals surface area contributed by atoms with Crippen molar-refractivity contribution in [3.05, 3.63) is 89.5 Å². The van der Waals surface area contributed by atoms with Crippen molar-refractivity contribution in [1.29, 1.82) is 0 Å². The van der Waals surface area contributed by atoms with Crippen LogP contribution in [-0.2, 0) is 16.0 Å². The highest BCUT2D eigenvalue weighted by Crippen LogP contribution is 2.44. The van der Waals surface area contributed by atoms with E-state index in [0.29, 0.717) is 5.75 Å². The van der Waals surface area contributed by atoms with E-state index in [1.165, 1.54) is 6.92 Å². The Hall–Kier alpha value is -3.80. The molecule has 164 valence electrons. The van der Waals surface area contributed by atoms with E-state index in [9.17, 15) is 14.7 Å². The topological polar surface area (TPSA) is 84.9 Å². The van der Waals surface area contributed by atoms with Gasteiger partial charge < -0.3 is 19.9 Å². The van der Waals surface area contributed by atoms with Crippen LogP contribution >= 0.6 is 0 Å². The van der Waals surface area contributed by atoms with E-state index in [0.717, 1.165) is 27.8 Å². The highest BCUT2D eigenvalue weighted by atomic mass is 16.5. The summed E-state index contributed by atoms with van der Waals surface area (Å²) in [5, 5.41) is 12.4. The number of methoxy groups -OCH3 is 1. The standard InChI is InChI=1S/C26H25NO5/c1-26(24(28)29,15-17-8-7-9-18(14-17)31-2)27-25(30)32-16-23-21-12-5-3-10-19(21)20-11-4-6-13-22(20)23/h3-14,23H,15-16H2,1-2H3,(H,27,30)(H,28,29). The third-order valence-electron chi connectivity index (χ3n) is 5.89. The Bertz CT molecular complexity index is 1110. The number of carboxylic acids is 1. The average molecular weight is 431 g/mol. The van der Waals surface area contributed by atoms with Gasteiger partial charge in [0.15, 0.2) is 0 Å². The molecule has 3 aromatic carbocycles. The molecule has 0 fully saturated rings. The Balaban J connectivity index is 1.47. The van der Waals surface area contributed by atoms with Gasteiger partial charge in [-0.05, 0) is 46.9 Å². The molecule has 32 heavy (non-hydrogen) atoms. The molecule has 0 aliphatic heterocycles. The monoisotopic (exact) mass is 431 g/mol. The predicted octanol–water partition coefficient (Wildman–Crippen LogP) is 4.62. The molecule has 2 N–H and O–H groups in total. The SMILES string of the molecule is COc1cccc(CC(C)(NC(=O)OCC2c3ccccc3-c3ccccc32)C(=O)O)c1. The van der Waals surface area contributed by atoms with Crippen molar-refractivity contribution in [2.75, 3.05) is 13.7 Å². The molecule has 0 saturated heterocycles. The van der Waals surface area contributed by atoms with Gasteiger partial charge in [0, 0.05) is 12.3 Å². The first-order valence-corrected chi connectivity index (χ1v) is 10.4. The zero-order valence-electron chi connectivity index (χ0n) is 18.0. The Morgan fingerprint density at radius 1 is 0.969 bits per heavy atom. The number of amides is 1. The normalized spacial score (nSPS) is 14.1. The fraction of sp³-hybridized carbons (Fsp3) is 0.231. The van der Waals surface area contributed by atoms with Crippen molar-refractivity contribution >= 4 is 12.1 Å². The molecule has 0 aromatic heterocycles. The van der Waals surface area contributed by atoms with Crippen molar-refractivity contribution in [3.8, 4) is 16.9 Å². The summed E-state index contributed by atoms with van der Waals surface area (Å²) in [7, 11) is 1.55. The van der Waals surface area contributed by atoms with Gasteiger partial charge in [-0.2, -0.15) is 0 Å². The average Bonchev–Trinajstić information content (AvgIpc) is 3.11. The summed E-state index contributed by atoms with van der Waals surface area (Å²) in [6.07, 6.45) is -0.677. The van der Waals surface area contributed by atoms with Crippen molar-refractivity contribution < 1.29 is 24.2 Å². The number of hydrogen-bond acceptors (Lipinski definition) is 4. The third kappa shape index (κ3) is 4.17. The van der Waals surface area contributed by atoms with Crippen LogP contribution in [0.5, 0.6) is 5.75 Å². The van der Waals surface area contributed by atoms with E-state index in [1.54, 1.807) is 31.4 Å². The third-order valence-corrected chi connectivity index (χ3v) is 5.89. The van der Waals surface area contributed by atoms with E-state index in [-0.39, 0.29) is 18.9 Å². The van der Waals surface area contributed by atoms with Gasteiger partial charge in [-0.15, -0.1) is 0 Å². The van der Waals surface area contributed by atoms with Crippen molar-refractivity contribution in [3.63, 3.8) is 0 Å². The second-order valence-corrected chi connectivity index (χ2v) is 8.12. The molecule has 0 bridgehead atoms. The van der Waals surface area contributed by atoms with E-state index in [1.807, 2.05) is 36.4 Å². The molecular weight excluding hydrogens is 406 g/mol. The minimum Gasteiger partial charge on any atom is -0.497 e. The molecule has 0 radical (unpaired) electrons. The Labute approximate surface area is 186 Å². The summed E-state index contributed by atoms with van der Waals surface area (Å²) in [6, 6.07) is 23.2. The van der Waals surface area contributed by atoms with Gasteiger partial charge in [0.1, 0.15) is 17.9 Å². The molecular formula is C26H25NO5. The quantitative estimate of drug-likeness (QED) is 0.570. The number of nitrogens with one attached hydrogen (secondary N) is 1. The molecule has 1 aliphatic carbocycles. The number of carboxylic acid groups (broad SMARTS) is 1. The lowest BCUT2D eigenvalue weighted by Gasteiger charge is -2.26. The van der Waals surface area contributed by atoms with E-state index >= 15 is 0 Å². The number of aliphatic carboxylic acids is 1. The summed E-state index contributed by atoms with van der Waals surface area (Å²) in [4.78, 5) is 24.6. The van der Waals surface area contributed by atoms with E-state index in [2.05, 4.69) is 17.4 Å². The molecule has 1 unspecified atom stereocenters. The Kier molecular flexibility index (Phi) is 5.86. The zero-order valence-corrected chi connectivity index (χ0v) is 18.0. The fourth-order valence-electron chi connectivity index (χ4n) is 4.22. The van der Waals surface area contributed by atoms with Crippen LogP contribution in [0.4, 0.5) is 4.79 Å². The molecule has 4 rings (SSSR count). The van der Waals surface area contributed by atoms with Crippen molar-refractivity contribution in [2.45, 2.75) is 24.8 Å². The molecule has 1 aliphatic rings. The zero-order chi connectivity index (χ0) is 22.7. The van der Waals surface area contributed by atoms with Crippen molar-refractivity contribution in [1.82, 2.24) is 5.32 Å². The van der Waals surface area contributed by atoms with Gasteiger partial charge in [0.05, 0.1) is 7.11 Å². The van der Waals surface area contributed by atoms with Gasteiger partial charge in [0.2, 0.25) is 0 Å². The predicted molar refractivity (Wildman–Crippen MR) is 121 cm³/mol. The minimum atomic E-state index is -1.53. The first-order chi connectivity index (χ1) is 15.4.